The van der Waals surface area contributed by atoms with E-state index in [1.54, 1.807) is 16.7 Å². The summed E-state index contributed by atoms with van der Waals surface area (Å²) in [6, 6.07) is 7.58. The molecule has 1 aromatic carbocycles. The quantitative estimate of drug-likeness (QED) is 0.615. The fourth-order valence-corrected chi connectivity index (χ4v) is 4.65. The first-order valence-corrected chi connectivity index (χ1v) is 11.5. The van der Waals surface area contributed by atoms with Crippen molar-refractivity contribution in [2.24, 2.45) is 0 Å². The number of carbonyl (C=O) groups excluding carboxylic acids is 2. The van der Waals surface area contributed by atoms with Gasteiger partial charge in [-0.25, -0.2) is 0 Å². The van der Waals surface area contributed by atoms with Gasteiger partial charge < -0.3 is 10.2 Å². The molecule has 0 bridgehead atoms. The first kappa shape index (κ1) is 20.5. The zero-order valence-corrected chi connectivity index (χ0v) is 18.3. The van der Waals surface area contributed by atoms with E-state index in [4.69, 9.17) is 0 Å². The summed E-state index contributed by atoms with van der Waals surface area (Å²) < 4.78 is 7.96. The van der Waals surface area contributed by atoms with Crippen LogP contribution < -0.4 is 5.32 Å². The number of pyridine rings is 1. The standard InChI is InChI=1S/C21H21N5O2S2/c1-13-17(10-23-20(27)16-5-3-4-6-19(16)29-2)15-7-8-26(12-14(15)9-22-13)21(28)18-11-24-30-25-18/h3-6,9,11H,7-8,10,12H2,1-2H3,(H,23,27). The van der Waals surface area contributed by atoms with E-state index in [1.165, 1.54) is 11.8 Å². The van der Waals surface area contributed by atoms with Crippen LogP contribution in [0.5, 0.6) is 0 Å². The number of benzene rings is 1. The van der Waals surface area contributed by atoms with Gasteiger partial charge in [-0.1, -0.05) is 12.1 Å². The minimum atomic E-state index is -0.112. The molecule has 3 aromatic rings. The van der Waals surface area contributed by atoms with Gasteiger partial charge in [0.15, 0.2) is 5.69 Å². The van der Waals surface area contributed by atoms with Gasteiger partial charge in [0.1, 0.15) is 0 Å². The largest absolute Gasteiger partial charge is 0.348 e. The van der Waals surface area contributed by atoms with Crippen LogP contribution in [0.4, 0.5) is 0 Å². The molecule has 154 valence electrons. The Kier molecular flexibility index (Phi) is 6.10. The van der Waals surface area contributed by atoms with Crippen LogP contribution in [-0.2, 0) is 19.5 Å². The number of nitrogens with one attached hydrogen (secondary N) is 1. The van der Waals surface area contributed by atoms with Gasteiger partial charge in [0.25, 0.3) is 11.8 Å². The Morgan fingerprint density at radius 3 is 2.87 bits per heavy atom. The molecule has 2 amide bonds. The summed E-state index contributed by atoms with van der Waals surface area (Å²) in [5, 5.41) is 3.05. The second-order valence-corrected chi connectivity index (χ2v) is 8.38. The molecule has 1 aliphatic heterocycles. The maximum atomic E-state index is 12.7. The van der Waals surface area contributed by atoms with E-state index in [9.17, 15) is 9.59 Å². The molecule has 1 aliphatic rings. The molecule has 30 heavy (non-hydrogen) atoms. The van der Waals surface area contributed by atoms with Gasteiger partial charge in [0, 0.05) is 36.4 Å². The first-order valence-electron chi connectivity index (χ1n) is 9.52. The van der Waals surface area contributed by atoms with E-state index >= 15 is 0 Å². The summed E-state index contributed by atoms with van der Waals surface area (Å²) >= 11 is 2.58. The fraction of sp³-hybridized carbons (Fsp3) is 0.286. The molecule has 2 aromatic heterocycles. The molecule has 0 atom stereocenters. The smallest absolute Gasteiger partial charge is 0.275 e. The Morgan fingerprint density at radius 2 is 2.10 bits per heavy atom. The summed E-state index contributed by atoms with van der Waals surface area (Å²) in [6.45, 7) is 3.45. The van der Waals surface area contributed by atoms with Crippen LogP contribution in [0.15, 0.2) is 41.6 Å². The topological polar surface area (TPSA) is 88.1 Å². The maximum Gasteiger partial charge on any atom is 0.275 e. The summed E-state index contributed by atoms with van der Waals surface area (Å²) in [5.41, 5.74) is 5.16. The van der Waals surface area contributed by atoms with Gasteiger partial charge in [-0.3, -0.25) is 14.6 Å². The molecular weight excluding hydrogens is 418 g/mol. The van der Waals surface area contributed by atoms with Crippen molar-refractivity contribution in [1.82, 2.24) is 23.9 Å². The van der Waals surface area contributed by atoms with E-state index in [0.29, 0.717) is 37.3 Å². The number of nitrogens with zero attached hydrogens (tertiary/aromatic N) is 4. The van der Waals surface area contributed by atoms with Crippen LogP contribution in [0, 0.1) is 6.92 Å². The lowest BCUT2D eigenvalue weighted by Crippen LogP contribution is -2.37. The summed E-state index contributed by atoms with van der Waals surface area (Å²) in [7, 11) is 0. The van der Waals surface area contributed by atoms with Crippen LogP contribution in [0.3, 0.4) is 0 Å². The second-order valence-electron chi connectivity index (χ2n) is 6.98. The number of hydrogen-bond acceptors (Lipinski definition) is 7. The van der Waals surface area contributed by atoms with Gasteiger partial charge in [-0.05, 0) is 48.4 Å². The van der Waals surface area contributed by atoms with Gasteiger partial charge in [0.2, 0.25) is 0 Å². The lowest BCUT2D eigenvalue weighted by molar-refractivity contribution is 0.0729. The van der Waals surface area contributed by atoms with E-state index < -0.39 is 0 Å². The molecular formula is C21H21N5O2S2. The summed E-state index contributed by atoms with van der Waals surface area (Å²) in [6.07, 6.45) is 6.01. The molecule has 7 nitrogen and oxygen atoms in total. The zero-order chi connectivity index (χ0) is 21.1. The van der Waals surface area contributed by atoms with Crippen molar-refractivity contribution in [2.45, 2.75) is 31.3 Å². The highest BCUT2D eigenvalue weighted by atomic mass is 32.2. The van der Waals surface area contributed by atoms with Crippen molar-refractivity contribution in [3.8, 4) is 0 Å². The average molecular weight is 440 g/mol. The number of rotatable bonds is 5. The van der Waals surface area contributed by atoms with Gasteiger partial charge in [0.05, 0.1) is 23.5 Å². The number of fused-ring (bicyclic) bond motifs is 1. The van der Waals surface area contributed by atoms with Crippen molar-refractivity contribution in [3.05, 3.63) is 70.3 Å². The van der Waals surface area contributed by atoms with E-state index in [-0.39, 0.29) is 11.8 Å². The van der Waals surface area contributed by atoms with Crippen molar-refractivity contribution >= 4 is 35.3 Å². The lowest BCUT2D eigenvalue weighted by atomic mass is 9.94. The monoisotopic (exact) mass is 439 g/mol. The molecule has 3 heterocycles. The number of amides is 2. The third-order valence-corrected chi connectivity index (χ3v) is 6.51. The molecule has 0 spiro atoms. The average Bonchev–Trinajstić information content (AvgIpc) is 3.32. The molecule has 0 saturated carbocycles. The first-order chi connectivity index (χ1) is 14.6. The van der Waals surface area contributed by atoms with Crippen LogP contribution in [0.1, 0.15) is 43.2 Å². The number of hydrogen-bond donors (Lipinski definition) is 1. The van der Waals surface area contributed by atoms with Crippen LogP contribution in [0.25, 0.3) is 0 Å². The molecule has 0 fully saturated rings. The predicted molar refractivity (Wildman–Crippen MR) is 117 cm³/mol. The van der Waals surface area contributed by atoms with Gasteiger partial charge in [-0.2, -0.15) is 8.75 Å². The fourth-order valence-electron chi connectivity index (χ4n) is 3.65. The zero-order valence-electron chi connectivity index (χ0n) is 16.7. The highest BCUT2D eigenvalue weighted by molar-refractivity contribution is 7.98. The minimum absolute atomic E-state index is 0.0967. The van der Waals surface area contributed by atoms with Gasteiger partial charge in [-0.15, -0.1) is 11.8 Å². The van der Waals surface area contributed by atoms with Crippen LogP contribution in [0.2, 0.25) is 0 Å². The molecule has 9 heteroatoms. The van der Waals surface area contributed by atoms with Crippen LogP contribution >= 0.6 is 23.5 Å². The summed E-state index contributed by atoms with van der Waals surface area (Å²) in [4.78, 5) is 32.6. The normalized spacial score (nSPS) is 13.1. The highest BCUT2D eigenvalue weighted by Crippen LogP contribution is 2.25. The third kappa shape index (κ3) is 4.08. The number of carbonyl (C=O) groups is 2. The maximum absolute atomic E-state index is 12.7. The van der Waals surface area contributed by atoms with E-state index in [2.05, 4.69) is 19.0 Å². The number of aromatic nitrogens is 3. The molecule has 0 saturated heterocycles. The Balaban J connectivity index is 1.51. The number of thioether (sulfide) groups is 1. The molecule has 0 radical (unpaired) electrons. The molecule has 0 aliphatic carbocycles. The predicted octanol–water partition coefficient (Wildman–Crippen LogP) is 3.09. The second kappa shape index (κ2) is 8.93. The molecule has 1 N–H and O–H groups in total. The highest BCUT2D eigenvalue weighted by Gasteiger charge is 2.26. The Bertz CT molecular complexity index is 1090. The SMILES string of the molecule is CSc1ccccc1C(=O)NCc1c(C)ncc2c1CCN(C(=O)c1cnsn1)C2. The Hall–Kier alpha value is -2.78. The summed E-state index contributed by atoms with van der Waals surface area (Å²) in [5.74, 6) is -0.209. The van der Waals surface area contributed by atoms with Crippen molar-refractivity contribution < 1.29 is 9.59 Å². The van der Waals surface area contributed by atoms with Crippen molar-refractivity contribution in [2.75, 3.05) is 12.8 Å². The van der Waals surface area contributed by atoms with Crippen molar-refractivity contribution in [1.29, 1.82) is 0 Å². The minimum Gasteiger partial charge on any atom is -0.348 e. The Morgan fingerprint density at radius 1 is 1.27 bits per heavy atom. The van der Waals surface area contributed by atoms with Crippen LogP contribution in [-0.4, -0.2) is 43.2 Å². The number of aryl methyl sites for hydroxylation is 1. The van der Waals surface area contributed by atoms with Gasteiger partial charge >= 0.3 is 0 Å². The third-order valence-electron chi connectivity index (χ3n) is 5.24. The van der Waals surface area contributed by atoms with E-state index in [0.717, 1.165) is 33.4 Å². The Labute approximate surface area is 183 Å². The molecule has 0 unspecified atom stereocenters. The molecule has 4 rings (SSSR count). The lowest BCUT2D eigenvalue weighted by Gasteiger charge is -2.30. The van der Waals surface area contributed by atoms with Crippen molar-refractivity contribution in [3.63, 3.8) is 0 Å². The van der Waals surface area contributed by atoms with E-state index in [1.807, 2.05) is 43.6 Å².